The molecule has 1 unspecified atom stereocenters. The van der Waals surface area contributed by atoms with Crippen LogP contribution >= 0.6 is 0 Å². The van der Waals surface area contributed by atoms with E-state index in [1.165, 1.54) is 0 Å². The fraction of sp³-hybridized carbons (Fsp3) is 0.600. The molecule has 0 aromatic heterocycles. The smallest absolute Gasteiger partial charge is 0.272 e. The van der Waals surface area contributed by atoms with E-state index in [-0.39, 0.29) is 11.3 Å². The summed E-state index contributed by atoms with van der Waals surface area (Å²) in [5.74, 6) is -0.0153. The Bertz CT molecular complexity index is 556. The topological polar surface area (TPSA) is 74.6 Å². The van der Waals surface area contributed by atoms with E-state index in [2.05, 4.69) is 6.92 Å². The summed E-state index contributed by atoms with van der Waals surface area (Å²) in [5, 5.41) is 9.19. The summed E-state index contributed by atoms with van der Waals surface area (Å²) in [6.45, 7) is 7.23. The lowest BCUT2D eigenvalue weighted by atomic mass is 9.86. The maximum Gasteiger partial charge on any atom is 0.272 e. The van der Waals surface area contributed by atoms with Gasteiger partial charge in [0.2, 0.25) is 0 Å². The van der Waals surface area contributed by atoms with Crippen molar-refractivity contribution in [2.24, 2.45) is 5.41 Å². The van der Waals surface area contributed by atoms with Crippen molar-refractivity contribution in [1.82, 2.24) is 0 Å². The fourth-order valence-electron chi connectivity index (χ4n) is 2.47. The lowest BCUT2D eigenvalue weighted by Crippen LogP contribution is -2.26. The number of hydrogen-bond acceptors (Lipinski definition) is 3. The Balaban J connectivity index is 3.36. The van der Waals surface area contributed by atoms with Crippen LogP contribution in [0.15, 0.2) is 18.2 Å². The minimum atomic E-state index is -4.30. The summed E-state index contributed by atoms with van der Waals surface area (Å²) in [7, 11) is -4.30. The van der Waals surface area contributed by atoms with Gasteiger partial charge in [-0.3, -0.25) is 4.55 Å². The van der Waals surface area contributed by atoms with Gasteiger partial charge < -0.3 is 5.11 Å². The number of hydrogen-bond donors (Lipinski definition) is 2. The molecule has 0 saturated heterocycles. The summed E-state index contributed by atoms with van der Waals surface area (Å²) in [6.07, 6.45) is 2.60. The second kappa shape index (κ2) is 6.14. The number of aromatic hydroxyl groups is 1. The van der Waals surface area contributed by atoms with E-state index < -0.39 is 20.8 Å². The number of benzene rings is 1. The molecule has 20 heavy (non-hydrogen) atoms. The van der Waals surface area contributed by atoms with Gasteiger partial charge in [0.15, 0.2) is 0 Å². The lowest BCUT2D eigenvalue weighted by molar-refractivity contribution is 0.345. The molecular weight excluding hydrogens is 276 g/mol. The van der Waals surface area contributed by atoms with Gasteiger partial charge in [0.25, 0.3) is 10.1 Å². The van der Waals surface area contributed by atoms with Gasteiger partial charge in [-0.05, 0) is 23.8 Å². The maximum absolute atomic E-state index is 11.7. The first kappa shape index (κ1) is 17.0. The summed E-state index contributed by atoms with van der Waals surface area (Å²) >= 11 is 0. The van der Waals surface area contributed by atoms with E-state index >= 15 is 0 Å². The van der Waals surface area contributed by atoms with Crippen molar-refractivity contribution >= 4 is 10.1 Å². The van der Waals surface area contributed by atoms with Crippen LogP contribution in [0.1, 0.15) is 56.9 Å². The zero-order valence-corrected chi connectivity index (χ0v) is 13.4. The molecule has 1 atom stereocenters. The standard InChI is InChI=1S/C15H24O4S/c1-5-6-8-11-9-7-10-12(13(11)16)14(15(2,3)4)20(17,18)19/h7,9-10,14,16H,5-6,8H2,1-4H3,(H,17,18,19). The summed E-state index contributed by atoms with van der Waals surface area (Å²) in [6, 6.07) is 5.08. The molecule has 4 nitrogen and oxygen atoms in total. The normalized spacial score (nSPS) is 14.2. The zero-order chi connectivity index (χ0) is 15.6. The molecule has 0 saturated carbocycles. The Morgan fingerprint density at radius 1 is 1.25 bits per heavy atom. The molecule has 2 N–H and O–H groups in total. The molecule has 0 radical (unpaired) electrons. The molecular formula is C15H24O4S. The number of phenolic OH excluding ortho intramolecular Hbond substituents is 1. The molecule has 0 spiro atoms. The third kappa shape index (κ3) is 3.96. The van der Waals surface area contributed by atoms with Crippen molar-refractivity contribution in [2.75, 3.05) is 0 Å². The van der Waals surface area contributed by atoms with Crippen LogP contribution < -0.4 is 0 Å². The Kier molecular flexibility index (Phi) is 5.21. The highest BCUT2D eigenvalue weighted by Crippen LogP contribution is 2.43. The van der Waals surface area contributed by atoms with E-state index in [0.717, 1.165) is 18.4 Å². The quantitative estimate of drug-likeness (QED) is 0.813. The van der Waals surface area contributed by atoms with Crippen molar-refractivity contribution < 1.29 is 18.1 Å². The van der Waals surface area contributed by atoms with Gasteiger partial charge in [-0.2, -0.15) is 8.42 Å². The van der Waals surface area contributed by atoms with E-state index in [1.807, 2.05) is 0 Å². The number of para-hydroxylation sites is 1. The van der Waals surface area contributed by atoms with Gasteiger partial charge in [0.1, 0.15) is 11.0 Å². The second-order valence-electron chi connectivity index (χ2n) is 6.22. The molecule has 1 aromatic carbocycles. The first-order chi connectivity index (χ1) is 9.09. The predicted molar refractivity (Wildman–Crippen MR) is 80.5 cm³/mol. The molecule has 0 aliphatic carbocycles. The molecule has 0 aliphatic rings. The number of rotatable bonds is 5. The fourth-order valence-corrected chi connectivity index (χ4v) is 3.87. The molecule has 114 valence electrons. The van der Waals surface area contributed by atoms with Crippen molar-refractivity contribution in [3.8, 4) is 5.75 Å². The van der Waals surface area contributed by atoms with Crippen molar-refractivity contribution in [3.63, 3.8) is 0 Å². The molecule has 0 aliphatic heterocycles. The monoisotopic (exact) mass is 300 g/mol. The number of phenols is 1. The number of unbranched alkanes of at least 4 members (excludes halogenated alkanes) is 1. The van der Waals surface area contributed by atoms with Crippen molar-refractivity contribution in [1.29, 1.82) is 0 Å². The molecule has 5 heteroatoms. The number of aryl methyl sites for hydroxylation is 1. The summed E-state index contributed by atoms with van der Waals surface area (Å²) < 4.78 is 32.9. The van der Waals surface area contributed by atoms with Gasteiger partial charge in [-0.15, -0.1) is 0 Å². The van der Waals surface area contributed by atoms with Crippen LogP contribution in [0.2, 0.25) is 0 Å². The Hall–Kier alpha value is -1.07. The largest absolute Gasteiger partial charge is 0.507 e. The van der Waals surface area contributed by atoms with Crippen LogP contribution in [0, 0.1) is 5.41 Å². The Labute approximate surface area is 121 Å². The van der Waals surface area contributed by atoms with E-state index in [9.17, 15) is 18.1 Å². The van der Waals surface area contributed by atoms with Gasteiger partial charge in [-0.25, -0.2) is 0 Å². The van der Waals surface area contributed by atoms with Gasteiger partial charge in [0.05, 0.1) is 0 Å². The highest BCUT2D eigenvalue weighted by molar-refractivity contribution is 7.86. The lowest BCUT2D eigenvalue weighted by Gasteiger charge is -2.29. The molecule has 0 fully saturated rings. The van der Waals surface area contributed by atoms with Crippen LogP contribution in [0.25, 0.3) is 0 Å². The minimum Gasteiger partial charge on any atom is -0.507 e. The van der Waals surface area contributed by atoms with Crippen LogP contribution in [-0.2, 0) is 16.5 Å². The van der Waals surface area contributed by atoms with Crippen LogP contribution in [-0.4, -0.2) is 18.1 Å². The molecule has 0 bridgehead atoms. The zero-order valence-electron chi connectivity index (χ0n) is 12.5. The summed E-state index contributed by atoms with van der Waals surface area (Å²) in [5.41, 5.74) is 0.282. The maximum atomic E-state index is 11.7. The minimum absolute atomic E-state index is 0.0153. The van der Waals surface area contributed by atoms with E-state index in [1.54, 1.807) is 39.0 Å². The van der Waals surface area contributed by atoms with E-state index in [4.69, 9.17) is 0 Å². The third-order valence-corrected chi connectivity index (χ3v) is 4.87. The Morgan fingerprint density at radius 3 is 2.30 bits per heavy atom. The first-order valence-electron chi connectivity index (χ1n) is 6.86. The van der Waals surface area contributed by atoms with E-state index in [0.29, 0.717) is 6.42 Å². The van der Waals surface area contributed by atoms with Gasteiger partial charge in [-0.1, -0.05) is 52.3 Å². The van der Waals surface area contributed by atoms with Gasteiger partial charge >= 0.3 is 0 Å². The molecule has 0 amide bonds. The van der Waals surface area contributed by atoms with Crippen LogP contribution in [0.5, 0.6) is 5.75 Å². The molecule has 1 aromatic rings. The second-order valence-corrected chi connectivity index (χ2v) is 7.72. The highest BCUT2D eigenvalue weighted by Gasteiger charge is 2.38. The Morgan fingerprint density at radius 2 is 1.85 bits per heavy atom. The predicted octanol–water partition coefficient (Wildman–Crippen LogP) is 3.71. The van der Waals surface area contributed by atoms with Crippen LogP contribution in [0.4, 0.5) is 0 Å². The van der Waals surface area contributed by atoms with Gasteiger partial charge in [0, 0.05) is 5.56 Å². The first-order valence-corrected chi connectivity index (χ1v) is 8.36. The van der Waals surface area contributed by atoms with Crippen LogP contribution in [0.3, 0.4) is 0 Å². The van der Waals surface area contributed by atoms with Crippen molar-refractivity contribution in [3.05, 3.63) is 29.3 Å². The highest BCUT2D eigenvalue weighted by atomic mass is 32.2. The average Bonchev–Trinajstić information content (AvgIpc) is 2.26. The van der Waals surface area contributed by atoms with Crippen molar-refractivity contribution in [2.45, 2.75) is 52.2 Å². The third-order valence-electron chi connectivity index (χ3n) is 3.32. The molecule has 0 heterocycles. The molecule has 1 rings (SSSR count). The average molecular weight is 300 g/mol. The summed E-state index contributed by atoms with van der Waals surface area (Å²) in [4.78, 5) is 0. The SMILES string of the molecule is CCCCc1cccc(C(C(C)(C)C)S(=O)(=O)O)c1O.